The normalized spacial score (nSPS) is 11.8. The summed E-state index contributed by atoms with van der Waals surface area (Å²) in [6.07, 6.45) is -1.05. The van der Waals surface area contributed by atoms with Crippen LogP contribution in [0.5, 0.6) is 0 Å². The molecule has 0 saturated heterocycles. The fourth-order valence-electron chi connectivity index (χ4n) is 3.07. The summed E-state index contributed by atoms with van der Waals surface area (Å²) in [5.74, 6) is -1.13. The summed E-state index contributed by atoms with van der Waals surface area (Å²) in [7, 11) is 0. The zero-order valence-electron chi connectivity index (χ0n) is 16.5. The molecule has 156 valence electrons. The van der Waals surface area contributed by atoms with Crippen molar-refractivity contribution in [1.82, 2.24) is 4.57 Å². The van der Waals surface area contributed by atoms with Gasteiger partial charge in [0.1, 0.15) is 0 Å². The van der Waals surface area contributed by atoms with Crippen LogP contribution in [0.2, 0.25) is 15.1 Å². The van der Waals surface area contributed by atoms with Crippen molar-refractivity contribution < 1.29 is 14.3 Å². The Morgan fingerprint density at radius 2 is 1.60 bits per heavy atom. The fraction of sp³-hybridized carbons (Fsp3) is 0.182. The van der Waals surface area contributed by atoms with E-state index < -0.39 is 18.0 Å². The summed E-state index contributed by atoms with van der Waals surface area (Å²) in [6.45, 7) is 5.21. The number of esters is 1. The molecule has 0 spiro atoms. The monoisotopic (exact) mass is 464 g/mol. The smallest absolute Gasteiger partial charge is 0.340 e. The third-order valence-electron chi connectivity index (χ3n) is 4.59. The molecular formula is C22H19Cl3N2O3. The number of nitrogens with one attached hydrogen (secondary N) is 1. The van der Waals surface area contributed by atoms with Gasteiger partial charge in [-0.3, -0.25) is 4.79 Å². The molecule has 1 N–H and O–H groups in total. The first kappa shape index (κ1) is 22.2. The summed E-state index contributed by atoms with van der Waals surface area (Å²) >= 11 is 17.9. The van der Waals surface area contributed by atoms with Gasteiger partial charge in [-0.2, -0.15) is 0 Å². The molecule has 0 aliphatic heterocycles. The SMILES string of the molecule is Cc1cc(C(=O)O[C@H](C)C(=O)Nc2cc(Cl)c(Cl)cc2Cl)c(C)n1-c1ccccc1. The Kier molecular flexibility index (Phi) is 6.76. The van der Waals surface area contributed by atoms with Crippen molar-refractivity contribution in [3.8, 4) is 5.69 Å². The number of carbonyl (C=O) groups is 2. The van der Waals surface area contributed by atoms with Crippen LogP contribution in [0.1, 0.15) is 28.7 Å². The molecule has 0 bridgehead atoms. The van der Waals surface area contributed by atoms with E-state index in [4.69, 9.17) is 39.5 Å². The minimum Gasteiger partial charge on any atom is -0.449 e. The largest absolute Gasteiger partial charge is 0.449 e. The minimum absolute atomic E-state index is 0.225. The lowest BCUT2D eigenvalue weighted by Crippen LogP contribution is -2.30. The molecule has 0 aliphatic rings. The van der Waals surface area contributed by atoms with E-state index in [1.54, 1.807) is 6.07 Å². The van der Waals surface area contributed by atoms with Gasteiger partial charge in [0.05, 0.1) is 26.3 Å². The maximum absolute atomic E-state index is 12.7. The lowest BCUT2D eigenvalue weighted by atomic mass is 10.2. The molecule has 0 unspecified atom stereocenters. The first-order valence-corrected chi connectivity index (χ1v) is 10.2. The Morgan fingerprint density at radius 3 is 2.27 bits per heavy atom. The zero-order valence-corrected chi connectivity index (χ0v) is 18.8. The highest BCUT2D eigenvalue weighted by atomic mass is 35.5. The van der Waals surface area contributed by atoms with Gasteiger partial charge in [0.15, 0.2) is 6.10 Å². The lowest BCUT2D eigenvalue weighted by Gasteiger charge is -2.15. The van der Waals surface area contributed by atoms with E-state index in [-0.39, 0.29) is 20.8 Å². The van der Waals surface area contributed by atoms with Gasteiger partial charge >= 0.3 is 5.97 Å². The summed E-state index contributed by atoms with van der Waals surface area (Å²) in [5, 5.41) is 3.34. The van der Waals surface area contributed by atoms with Crippen molar-refractivity contribution in [3.63, 3.8) is 0 Å². The number of benzene rings is 2. The highest BCUT2D eigenvalue weighted by Gasteiger charge is 2.23. The van der Waals surface area contributed by atoms with Crippen LogP contribution in [0.4, 0.5) is 5.69 Å². The predicted octanol–water partition coefficient (Wildman–Crippen LogP) is 6.24. The Morgan fingerprint density at radius 1 is 0.967 bits per heavy atom. The number of nitrogens with zero attached hydrogens (tertiary/aromatic N) is 1. The van der Waals surface area contributed by atoms with Crippen LogP contribution in [0.25, 0.3) is 5.69 Å². The van der Waals surface area contributed by atoms with Crippen LogP contribution >= 0.6 is 34.8 Å². The Bertz CT molecular complexity index is 1110. The average molecular weight is 466 g/mol. The van der Waals surface area contributed by atoms with Crippen molar-refractivity contribution >= 4 is 52.4 Å². The van der Waals surface area contributed by atoms with Gasteiger partial charge in [0.2, 0.25) is 0 Å². The van der Waals surface area contributed by atoms with Gasteiger partial charge in [-0.1, -0.05) is 53.0 Å². The molecule has 2 aromatic carbocycles. The number of aryl methyl sites for hydroxylation is 1. The number of aromatic nitrogens is 1. The van der Waals surface area contributed by atoms with E-state index in [0.29, 0.717) is 5.56 Å². The maximum atomic E-state index is 12.7. The zero-order chi connectivity index (χ0) is 22.0. The number of halogens is 3. The Hall–Kier alpha value is -2.47. The molecule has 1 atom stereocenters. The molecule has 0 saturated carbocycles. The number of rotatable bonds is 5. The average Bonchev–Trinajstić information content (AvgIpc) is 3.00. The van der Waals surface area contributed by atoms with Crippen LogP contribution in [0.15, 0.2) is 48.5 Å². The molecule has 3 aromatic rings. The second-order valence-electron chi connectivity index (χ2n) is 6.74. The van der Waals surface area contributed by atoms with E-state index in [9.17, 15) is 9.59 Å². The molecule has 30 heavy (non-hydrogen) atoms. The van der Waals surface area contributed by atoms with Crippen molar-refractivity contribution in [1.29, 1.82) is 0 Å². The lowest BCUT2D eigenvalue weighted by molar-refractivity contribution is -0.123. The van der Waals surface area contributed by atoms with Gasteiger partial charge in [0.25, 0.3) is 5.91 Å². The molecule has 0 radical (unpaired) electrons. The number of anilines is 1. The van der Waals surface area contributed by atoms with Gasteiger partial charge in [0, 0.05) is 17.1 Å². The predicted molar refractivity (Wildman–Crippen MR) is 120 cm³/mol. The standard InChI is InChI=1S/C22H19Cl3N2O3/c1-12-9-16(13(2)27(12)15-7-5-4-6-8-15)22(29)30-14(3)21(28)26-20-11-18(24)17(23)10-19(20)25/h4-11,14H,1-3H3,(H,26,28)/t14-/m1/s1. The van der Waals surface area contributed by atoms with E-state index in [1.165, 1.54) is 19.1 Å². The van der Waals surface area contributed by atoms with Gasteiger partial charge in [-0.15, -0.1) is 0 Å². The molecule has 0 fully saturated rings. The second-order valence-corrected chi connectivity index (χ2v) is 7.96. The summed E-state index contributed by atoms with van der Waals surface area (Å²) in [4.78, 5) is 25.2. The van der Waals surface area contributed by atoms with Crippen LogP contribution < -0.4 is 5.32 Å². The number of hydrogen-bond acceptors (Lipinski definition) is 3. The molecule has 1 heterocycles. The topological polar surface area (TPSA) is 60.3 Å². The molecule has 5 nitrogen and oxygen atoms in total. The molecule has 1 amide bonds. The van der Waals surface area contributed by atoms with Crippen LogP contribution in [0.3, 0.4) is 0 Å². The minimum atomic E-state index is -1.05. The first-order chi connectivity index (χ1) is 14.2. The summed E-state index contributed by atoms with van der Waals surface area (Å²) < 4.78 is 7.34. The quantitative estimate of drug-likeness (QED) is 0.358. The molecule has 3 rings (SSSR count). The number of amides is 1. The molecule has 0 aliphatic carbocycles. The van der Waals surface area contributed by atoms with Crippen LogP contribution in [0, 0.1) is 13.8 Å². The van der Waals surface area contributed by atoms with Crippen molar-refractivity contribution in [2.45, 2.75) is 26.9 Å². The maximum Gasteiger partial charge on any atom is 0.340 e. The number of ether oxygens (including phenoxy) is 1. The Balaban J connectivity index is 1.75. The Labute approximate surface area is 189 Å². The van der Waals surface area contributed by atoms with E-state index in [2.05, 4.69) is 5.32 Å². The fourth-order valence-corrected chi connectivity index (χ4v) is 3.67. The number of hydrogen-bond donors (Lipinski definition) is 1. The van der Waals surface area contributed by atoms with Gasteiger partial charge in [-0.05, 0) is 51.1 Å². The summed E-state index contributed by atoms with van der Waals surface area (Å²) in [6, 6.07) is 14.3. The molecule has 1 aromatic heterocycles. The second kappa shape index (κ2) is 9.13. The van der Waals surface area contributed by atoms with Crippen LogP contribution in [-0.4, -0.2) is 22.5 Å². The molecular weight excluding hydrogens is 447 g/mol. The van der Waals surface area contributed by atoms with Crippen molar-refractivity contribution in [2.24, 2.45) is 0 Å². The van der Waals surface area contributed by atoms with Gasteiger partial charge in [-0.25, -0.2) is 4.79 Å². The third kappa shape index (κ3) is 4.64. The van der Waals surface area contributed by atoms with E-state index in [1.807, 2.05) is 48.7 Å². The van der Waals surface area contributed by atoms with Crippen molar-refractivity contribution in [3.05, 3.63) is 80.6 Å². The number of carbonyl (C=O) groups excluding carboxylic acids is 2. The third-order valence-corrected chi connectivity index (χ3v) is 5.62. The van der Waals surface area contributed by atoms with Crippen LogP contribution in [-0.2, 0) is 9.53 Å². The molecule has 8 heteroatoms. The van der Waals surface area contributed by atoms with Crippen molar-refractivity contribution in [2.75, 3.05) is 5.32 Å². The van der Waals surface area contributed by atoms with E-state index >= 15 is 0 Å². The number of para-hydroxylation sites is 1. The van der Waals surface area contributed by atoms with Gasteiger partial charge < -0.3 is 14.6 Å². The van der Waals surface area contributed by atoms with E-state index in [0.717, 1.165) is 17.1 Å². The highest BCUT2D eigenvalue weighted by Crippen LogP contribution is 2.32. The first-order valence-electron chi connectivity index (χ1n) is 9.09. The highest BCUT2D eigenvalue weighted by molar-refractivity contribution is 6.44. The summed E-state index contributed by atoms with van der Waals surface area (Å²) in [5.41, 5.74) is 3.21.